The first-order chi connectivity index (χ1) is 14.8. The van der Waals surface area contributed by atoms with Crippen LogP contribution in [0.5, 0.6) is 0 Å². The molecule has 2 aromatic carbocycles. The van der Waals surface area contributed by atoms with Crippen LogP contribution in [0.4, 0.5) is 23.7 Å². The molecule has 7 heteroatoms. The van der Waals surface area contributed by atoms with Gasteiger partial charge in [0, 0.05) is 49.4 Å². The third-order valence-corrected chi connectivity index (χ3v) is 6.41. The lowest BCUT2D eigenvalue weighted by molar-refractivity contribution is -0.111. The number of amides is 2. The van der Waals surface area contributed by atoms with Gasteiger partial charge < -0.3 is 10.2 Å². The van der Waals surface area contributed by atoms with E-state index in [9.17, 15) is 18.0 Å². The molecule has 2 heterocycles. The Balaban J connectivity index is 1.44. The summed E-state index contributed by atoms with van der Waals surface area (Å²) in [5, 5.41) is 2.60. The molecule has 1 unspecified atom stereocenters. The van der Waals surface area contributed by atoms with E-state index in [2.05, 4.69) is 24.1 Å². The predicted octanol–water partition coefficient (Wildman–Crippen LogP) is 5.43. The smallest absolute Gasteiger partial charge is 0.321 e. The lowest BCUT2D eigenvalue weighted by atomic mass is 9.63. The Morgan fingerprint density at radius 1 is 1.03 bits per heavy atom. The van der Waals surface area contributed by atoms with Crippen molar-refractivity contribution in [3.8, 4) is 0 Å². The van der Waals surface area contributed by atoms with Crippen LogP contribution in [0.3, 0.4) is 0 Å². The van der Waals surface area contributed by atoms with Gasteiger partial charge in [0.1, 0.15) is 17.5 Å². The predicted molar refractivity (Wildman–Crippen MR) is 114 cm³/mol. The van der Waals surface area contributed by atoms with Crippen LogP contribution in [0, 0.1) is 28.8 Å². The molecule has 0 aromatic heterocycles. The number of carbonyl (C=O) groups excluding carboxylic acids is 1. The molecule has 2 aliphatic heterocycles. The van der Waals surface area contributed by atoms with E-state index >= 15 is 0 Å². The van der Waals surface area contributed by atoms with Gasteiger partial charge in [0.2, 0.25) is 0 Å². The average Bonchev–Trinajstić information content (AvgIpc) is 2.68. The van der Waals surface area contributed by atoms with Gasteiger partial charge in [-0.3, -0.25) is 4.90 Å². The van der Waals surface area contributed by atoms with Crippen LogP contribution < -0.4 is 5.32 Å². The first-order valence-electron chi connectivity index (χ1n) is 10.8. The van der Waals surface area contributed by atoms with Gasteiger partial charge in [0.25, 0.3) is 0 Å². The Morgan fingerprint density at radius 3 is 2.23 bits per heavy atom. The molecule has 1 N–H and O–H groups in total. The first-order valence-corrected chi connectivity index (χ1v) is 10.8. The van der Waals surface area contributed by atoms with E-state index in [0.29, 0.717) is 19.0 Å². The van der Waals surface area contributed by atoms with Crippen molar-refractivity contribution in [2.45, 2.75) is 32.7 Å². The molecule has 2 amide bonds. The molecule has 0 aliphatic carbocycles. The fourth-order valence-corrected chi connectivity index (χ4v) is 5.12. The van der Waals surface area contributed by atoms with Crippen molar-refractivity contribution in [2.24, 2.45) is 11.3 Å². The van der Waals surface area contributed by atoms with Crippen LogP contribution in [0.25, 0.3) is 0 Å². The molecule has 0 bridgehead atoms. The average molecular weight is 432 g/mol. The summed E-state index contributed by atoms with van der Waals surface area (Å²) in [6.45, 7) is 7.44. The molecule has 166 valence electrons. The third kappa shape index (κ3) is 4.56. The molecular formula is C24H28F3N3O. The molecule has 4 nitrogen and oxygen atoms in total. The Kier molecular flexibility index (Phi) is 5.97. The molecule has 2 aliphatic rings. The van der Waals surface area contributed by atoms with E-state index in [1.54, 1.807) is 4.90 Å². The van der Waals surface area contributed by atoms with Crippen molar-refractivity contribution in [1.29, 1.82) is 0 Å². The minimum atomic E-state index is -0.727. The van der Waals surface area contributed by atoms with Crippen LogP contribution in [0.2, 0.25) is 0 Å². The van der Waals surface area contributed by atoms with Gasteiger partial charge in [0.05, 0.1) is 0 Å². The van der Waals surface area contributed by atoms with Gasteiger partial charge in [-0.05, 0) is 48.6 Å². The van der Waals surface area contributed by atoms with E-state index in [4.69, 9.17) is 0 Å². The van der Waals surface area contributed by atoms with Crippen molar-refractivity contribution < 1.29 is 18.0 Å². The van der Waals surface area contributed by atoms with Gasteiger partial charge in [-0.1, -0.05) is 26.0 Å². The fraction of sp³-hybridized carbons (Fsp3) is 0.458. The van der Waals surface area contributed by atoms with Crippen molar-refractivity contribution in [3.63, 3.8) is 0 Å². The minimum absolute atomic E-state index is 0.0501. The lowest BCUT2D eigenvalue weighted by Crippen LogP contribution is -2.63. The molecule has 0 saturated carbocycles. The maximum absolute atomic E-state index is 13.5. The monoisotopic (exact) mass is 431 g/mol. The number of rotatable bonds is 4. The number of hydrogen-bond acceptors (Lipinski definition) is 2. The number of halogens is 3. The summed E-state index contributed by atoms with van der Waals surface area (Å²) >= 11 is 0. The molecular weight excluding hydrogens is 403 g/mol. The van der Waals surface area contributed by atoms with Gasteiger partial charge >= 0.3 is 6.03 Å². The minimum Gasteiger partial charge on any atom is -0.324 e. The topological polar surface area (TPSA) is 35.6 Å². The summed E-state index contributed by atoms with van der Waals surface area (Å²) in [6, 6.07) is 9.59. The molecule has 2 aromatic rings. The Labute approximate surface area is 181 Å². The largest absolute Gasteiger partial charge is 0.324 e. The molecule has 31 heavy (non-hydrogen) atoms. The number of carbonyl (C=O) groups is 1. The summed E-state index contributed by atoms with van der Waals surface area (Å²) in [5.74, 6) is -1.17. The van der Waals surface area contributed by atoms with Crippen LogP contribution in [-0.2, 0) is 0 Å². The highest BCUT2D eigenvalue weighted by molar-refractivity contribution is 5.89. The maximum Gasteiger partial charge on any atom is 0.321 e. The molecule has 4 rings (SSSR count). The van der Waals surface area contributed by atoms with Crippen LogP contribution in [-0.4, -0.2) is 42.0 Å². The number of anilines is 1. The highest BCUT2D eigenvalue weighted by atomic mass is 19.1. The molecule has 2 fully saturated rings. The second kappa shape index (κ2) is 8.54. The number of nitrogens with zero attached hydrogens (tertiary/aromatic N) is 2. The van der Waals surface area contributed by atoms with E-state index in [1.165, 1.54) is 12.1 Å². The third-order valence-electron chi connectivity index (χ3n) is 6.41. The summed E-state index contributed by atoms with van der Waals surface area (Å²) in [7, 11) is 0. The molecule has 2 saturated heterocycles. The Bertz CT molecular complexity index is 919. The van der Waals surface area contributed by atoms with Crippen molar-refractivity contribution in [3.05, 3.63) is 65.5 Å². The van der Waals surface area contributed by atoms with Gasteiger partial charge in [-0.2, -0.15) is 0 Å². The summed E-state index contributed by atoms with van der Waals surface area (Å²) < 4.78 is 40.3. The second-order valence-electron chi connectivity index (χ2n) is 9.22. The second-order valence-corrected chi connectivity index (χ2v) is 9.22. The first kappa shape index (κ1) is 21.7. The quantitative estimate of drug-likeness (QED) is 0.701. The Hall–Kier alpha value is -2.54. The van der Waals surface area contributed by atoms with Crippen molar-refractivity contribution >= 4 is 11.7 Å². The van der Waals surface area contributed by atoms with E-state index in [0.717, 1.165) is 49.7 Å². The highest BCUT2D eigenvalue weighted by Gasteiger charge is 2.54. The SMILES string of the molecule is CC(C)CN1CC2(CCN(C(=O)Nc3cc(F)cc(F)c3)CC2)C1c1ccc(F)cc1. The van der Waals surface area contributed by atoms with E-state index < -0.39 is 11.6 Å². The van der Waals surface area contributed by atoms with Crippen molar-refractivity contribution in [1.82, 2.24) is 9.80 Å². The summed E-state index contributed by atoms with van der Waals surface area (Å²) in [6.07, 6.45) is 1.66. The maximum atomic E-state index is 13.5. The summed E-state index contributed by atoms with van der Waals surface area (Å²) in [5.41, 5.74) is 1.27. The lowest BCUT2D eigenvalue weighted by Gasteiger charge is -2.61. The van der Waals surface area contributed by atoms with Crippen LogP contribution in [0.15, 0.2) is 42.5 Å². The number of piperidine rings is 1. The fourth-order valence-electron chi connectivity index (χ4n) is 5.12. The standard InChI is InChI=1S/C24H28F3N3O/c1-16(2)14-30-15-24(22(30)17-3-5-18(25)6-4-17)7-9-29(10-8-24)23(31)28-21-12-19(26)11-20(27)13-21/h3-6,11-13,16,22H,7-10,14-15H2,1-2H3,(H,28,31). The number of nitrogens with one attached hydrogen (secondary N) is 1. The normalized spacial score (nSPS) is 20.7. The summed E-state index contributed by atoms with van der Waals surface area (Å²) in [4.78, 5) is 16.8. The van der Waals surface area contributed by atoms with Crippen molar-refractivity contribution in [2.75, 3.05) is 31.5 Å². The number of hydrogen-bond donors (Lipinski definition) is 1. The molecule has 1 spiro atoms. The van der Waals surface area contributed by atoms with Gasteiger partial charge in [-0.25, -0.2) is 18.0 Å². The number of likely N-dealkylation sites (tertiary alicyclic amines) is 2. The van der Waals surface area contributed by atoms with Gasteiger partial charge in [-0.15, -0.1) is 0 Å². The number of benzene rings is 2. The Morgan fingerprint density at radius 2 is 1.65 bits per heavy atom. The molecule has 0 radical (unpaired) electrons. The van der Waals surface area contributed by atoms with Crippen LogP contribution >= 0.6 is 0 Å². The van der Waals surface area contributed by atoms with E-state index in [-0.39, 0.29) is 29.0 Å². The molecule has 1 atom stereocenters. The van der Waals surface area contributed by atoms with Crippen LogP contribution in [0.1, 0.15) is 38.3 Å². The zero-order chi connectivity index (χ0) is 22.2. The zero-order valence-electron chi connectivity index (χ0n) is 17.9. The zero-order valence-corrected chi connectivity index (χ0v) is 17.9. The van der Waals surface area contributed by atoms with Gasteiger partial charge in [0.15, 0.2) is 0 Å². The van der Waals surface area contributed by atoms with E-state index in [1.807, 2.05) is 12.1 Å². The number of urea groups is 1. The highest BCUT2D eigenvalue weighted by Crippen LogP contribution is 2.55.